The molecule has 0 atom stereocenters. The van der Waals surface area contributed by atoms with E-state index in [0.29, 0.717) is 0 Å². The number of aryl methyl sites for hydroxylation is 1. The minimum atomic E-state index is 0.802. The lowest BCUT2D eigenvalue weighted by Crippen LogP contribution is -2.17. The van der Waals surface area contributed by atoms with Crippen molar-refractivity contribution in [3.8, 4) is 0 Å². The summed E-state index contributed by atoms with van der Waals surface area (Å²) < 4.78 is 0. The highest BCUT2D eigenvalue weighted by Crippen LogP contribution is 2.30. The van der Waals surface area contributed by atoms with E-state index in [2.05, 4.69) is 22.4 Å². The molecule has 1 fully saturated rings. The molecule has 2 aromatic rings. The van der Waals surface area contributed by atoms with Gasteiger partial charge in [0.1, 0.15) is 0 Å². The number of hydrogen-bond acceptors (Lipinski definition) is 3. The number of benzene rings is 1. The SMILES string of the molecule is Cc1cc2c(NCC3CCCCC3)ccc(N)c2cn1. The average molecular weight is 269 g/mol. The Morgan fingerprint density at radius 2 is 2.00 bits per heavy atom. The highest BCUT2D eigenvalue weighted by atomic mass is 14.9. The predicted molar refractivity (Wildman–Crippen MR) is 86.0 cm³/mol. The molecule has 0 aliphatic heterocycles. The van der Waals surface area contributed by atoms with E-state index in [0.717, 1.165) is 29.2 Å². The normalized spacial score (nSPS) is 16.4. The third kappa shape index (κ3) is 2.72. The summed E-state index contributed by atoms with van der Waals surface area (Å²) >= 11 is 0. The van der Waals surface area contributed by atoms with Crippen LogP contribution in [0.4, 0.5) is 11.4 Å². The fourth-order valence-electron chi connectivity index (χ4n) is 3.17. The van der Waals surface area contributed by atoms with E-state index < -0.39 is 0 Å². The monoisotopic (exact) mass is 269 g/mol. The van der Waals surface area contributed by atoms with Gasteiger partial charge in [0.25, 0.3) is 0 Å². The molecular weight excluding hydrogens is 246 g/mol. The summed E-state index contributed by atoms with van der Waals surface area (Å²) in [6.45, 7) is 3.09. The molecular formula is C17H23N3. The van der Waals surface area contributed by atoms with Crippen molar-refractivity contribution in [3.63, 3.8) is 0 Å². The summed E-state index contributed by atoms with van der Waals surface area (Å²) in [5.41, 5.74) is 9.06. The summed E-state index contributed by atoms with van der Waals surface area (Å²) in [4.78, 5) is 4.35. The smallest absolute Gasteiger partial charge is 0.0422 e. The summed E-state index contributed by atoms with van der Waals surface area (Å²) in [6.07, 6.45) is 8.79. The number of aromatic nitrogens is 1. The van der Waals surface area contributed by atoms with Crippen LogP contribution in [0, 0.1) is 12.8 Å². The highest BCUT2D eigenvalue weighted by Gasteiger charge is 2.13. The number of fused-ring (bicyclic) bond motifs is 1. The van der Waals surface area contributed by atoms with Crippen LogP contribution in [0.15, 0.2) is 24.4 Å². The van der Waals surface area contributed by atoms with Crippen LogP contribution < -0.4 is 11.1 Å². The van der Waals surface area contributed by atoms with Crippen molar-refractivity contribution >= 4 is 22.1 Å². The van der Waals surface area contributed by atoms with E-state index in [9.17, 15) is 0 Å². The van der Waals surface area contributed by atoms with Gasteiger partial charge in [0.15, 0.2) is 0 Å². The first kappa shape index (κ1) is 13.2. The Labute approximate surface area is 120 Å². The molecule has 20 heavy (non-hydrogen) atoms. The van der Waals surface area contributed by atoms with Gasteiger partial charge in [0, 0.05) is 40.6 Å². The van der Waals surface area contributed by atoms with Gasteiger partial charge in [0.05, 0.1) is 0 Å². The van der Waals surface area contributed by atoms with Gasteiger partial charge >= 0.3 is 0 Å². The molecule has 1 aliphatic carbocycles. The molecule has 3 N–H and O–H groups in total. The van der Waals surface area contributed by atoms with E-state index in [4.69, 9.17) is 5.73 Å². The maximum absolute atomic E-state index is 6.05. The predicted octanol–water partition coefficient (Wildman–Crippen LogP) is 4.12. The summed E-state index contributed by atoms with van der Waals surface area (Å²) in [7, 11) is 0. The van der Waals surface area contributed by atoms with Gasteiger partial charge in [-0.05, 0) is 43.9 Å². The molecule has 1 heterocycles. The fraction of sp³-hybridized carbons (Fsp3) is 0.471. The number of nitrogens with zero attached hydrogens (tertiary/aromatic N) is 1. The van der Waals surface area contributed by atoms with Crippen molar-refractivity contribution in [1.82, 2.24) is 4.98 Å². The van der Waals surface area contributed by atoms with Crippen LogP contribution in [-0.2, 0) is 0 Å². The second kappa shape index (κ2) is 5.70. The van der Waals surface area contributed by atoms with Crippen molar-refractivity contribution < 1.29 is 0 Å². The van der Waals surface area contributed by atoms with E-state index in [1.807, 2.05) is 19.2 Å². The van der Waals surface area contributed by atoms with Crippen molar-refractivity contribution in [1.29, 1.82) is 0 Å². The summed E-state index contributed by atoms with van der Waals surface area (Å²) in [5.74, 6) is 0.819. The number of hydrogen-bond donors (Lipinski definition) is 2. The van der Waals surface area contributed by atoms with Crippen molar-refractivity contribution in [2.45, 2.75) is 39.0 Å². The Bertz CT molecular complexity index is 600. The average Bonchev–Trinajstić information content (AvgIpc) is 2.47. The first-order valence-electron chi connectivity index (χ1n) is 7.63. The quantitative estimate of drug-likeness (QED) is 0.824. The van der Waals surface area contributed by atoms with Gasteiger partial charge in [-0.15, -0.1) is 0 Å². The number of pyridine rings is 1. The van der Waals surface area contributed by atoms with E-state index in [-0.39, 0.29) is 0 Å². The molecule has 0 radical (unpaired) electrons. The molecule has 3 rings (SSSR count). The van der Waals surface area contributed by atoms with Gasteiger partial charge < -0.3 is 11.1 Å². The minimum absolute atomic E-state index is 0.802. The number of nitrogens with two attached hydrogens (primary N) is 1. The Morgan fingerprint density at radius 1 is 1.20 bits per heavy atom. The lowest BCUT2D eigenvalue weighted by molar-refractivity contribution is 0.373. The third-order valence-electron chi connectivity index (χ3n) is 4.38. The fourth-order valence-corrected chi connectivity index (χ4v) is 3.17. The van der Waals surface area contributed by atoms with Crippen molar-refractivity contribution in [3.05, 3.63) is 30.1 Å². The third-order valence-corrected chi connectivity index (χ3v) is 4.38. The number of anilines is 2. The molecule has 0 bridgehead atoms. The zero-order chi connectivity index (χ0) is 13.9. The number of nitrogen functional groups attached to an aromatic ring is 1. The molecule has 0 saturated heterocycles. The second-order valence-corrected chi connectivity index (χ2v) is 5.96. The van der Waals surface area contributed by atoms with Gasteiger partial charge in [-0.2, -0.15) is 0 Å². The zero-order valence-electron chi connectivity index (χ0n) is 12.2. The van der Waals surface area contributed by atoms with E-state index in [1.165, 1.54) is 43.2 Å². The molecule has 1 aliphatic rings. The van der Waals surface area contributed by atoms with E-state index in [1.54, 1.807) is 0 Å². The lowest BCUT2D eigenvalue weighted by Gasteiger charge is -2.23. The summed E-state index contributed by atoms with van der Waals surface area (Å²) in [6, 6.07) is 6.19. The topological polar surface area (TPSA) is 50.9 Å². The van der Waals surface area contributed by atoms with Crippen LogP contribution >= 0.6 is 0 Å². The van der Waals surface area contributed by atoms with Crippen LogP contribution in [0.25, 0.3) is 10.8 Å². The number of rotatable bonds is 3. The molecule has 1 aromatic carbocycles. The molecule has 3 nitrogen and oxygen atoms in total. The van der Waals surface area contributed by atoms with Gasteiger partial charge in [-0.3, -0.25) is 4.98 Å². The Balaban J connectivity index is 1.83. The first-order valence-corrected chi connectivity index (χ1v) is 7.63. The van der Waals surface area contributed by atoms with E-state index >= 15 is 0 Å². The van der Waals surface area contributed by atoms with Crippen molar-refractivity contribution in [2.24, 2.45) is 5.92 Å². The van der Waals surface area contributed by atoms with Crippen LogP contribution in [0.3, 0.4) is 0 Å². The number of nitrogens with one attached hydrogen (secondary N) is 1. The summed E-state index contributed by atoms with van der Waals surface area (Å²) in [5, 5.41) is 5.86. The maximum Gasteiger partial charge on any atom is 0.0422 e. The van der Waals surface area contributed by atoms with Gasteiger partial charge in [0.2, 0.25) is 0 Å². The van der Waals surface area contributed by atoms with Crippen molar-refractivity contribution in [2.75, 3.05) is 17.6 Å². The molecule has 1 saturated carbocycles. The van der Waals surface area contributed by atoms with Gasteiger partial charge in [-0.1, -0.05) is 19.3 Å². The van der Waals surface area contributed by atoms with Crippen LogP contribution in [0.2, 0.25) is 0 Å². The standard InChI is InChI=1S/C17H23N3/c1-12-9-14-15(11-19-12)16(18)7-8-17(14)20-10-13-5-3-2-4-6-13/h7-9,11,13,20H,2-6,10,18H2,1H3. The molecule has 1 aromatic heterocycles. The Kier molecular flexibility index (Phi) is 3.77. The Morgan fingerprint density at radius 3 is 2.80 bits per heavy atom. The molecule has 0 spiro atoms. The molecule has 0 amide bonds. The largest absolute Gasteiger partial charge is 0.398 e. The van der Waals surface area contributed by atoms with Gasteiger partial charge in [-0.25, -0.2) is 0 Å². The lowest BCUT2D eigenvalue weighted by atomic mass is 9.89. The minimum Gasteiger partial charge on any atom is -0.398 e. The Hall–Kier alpha value is -1.77. The highest BCUT2D eigenvalue weighted by molar-refractivity contribution is 6.00. The maximum atomic E-state index is 6.05. The second-order valence-electron chi connectivity index (χ2n) is 5.96. The molecule has 3 heteroatoms. The first-order chi connectivity index (χ1) is 9.74. The van der Waals surface area contributed by atoms with Crippen LogP contribution in [0.5, 0.6) is 0 Å². The molecule has 106 valence electrons. The zero-order valence-corrected chi connectivity index (χ0v) is 12.2. The molecule has 0 unspecified atom stereocenters. The van der Waals surface area contributed by atoms with Crippen LogP contribution in [0.1, 0.15) is 37.8 Å². The van der Waals surface area contributed by atoms with Crippen LogP contribution in [-0.4, -0.2) is 11.5 Å².